The standard InChI is InChI=1S/C32H36N4O4.C24H36ClFN2O3.2CH4O.H2O2/c1-4-22-10-13-29-26(19-22)34-32(40-29)35-16-14-23(15-17-35)24-11-12-27(30-21(2)7-5-8-25(24)30)36(20-38)28(9-6-18-37)31(39)33-3;1-16(15-30)24(5,31-13-12-29)22(25)17(2)19-8-7-9-20(21(19)26)27-18-10-11-28(6)23(3,4)14-18;3*1-2/h5,7-8,10-13,18-20,23,28H,4,6,9,14-17H2,1-3H3,(H,33,39);7-9,12,15-18,22,27H,10-11,13-14H2,1-6H3;2*2H,1H3;1-2H/t;16?,17?,18?,22?,24-;;;/m.0.../s1. The average Bonchev–Trinajstić information content (AvgIpc) is 3.89. The van der Waals surface area contributed by atoms with E-state index in [2.05, 4.69) is 72.5 Å². The average molecular weight is 1090 g/mol. The number of aromatic nitrogens is 1. The molecule has 0 spiro atoms. The zero-order valence-electron chi connectivity index (χ0n) is 46.6. The second kappa shape index (κ2) is 31.5. The molecule has 1 aromatic heterocycles. The first-order valence-corrected chi connectivity index (χ1v) is 26.5. The van der Waals surface area contributed by atoms with Crippen LogP contribution in [0.3, 0.4) is 0 Å². The third kappa shape index (κ3) is 15.9. The van der Waals surface area contributed by atoms with Crippen molar-refractivity contribution in [1.29, 1.82) is 0 Å². The van der Waals surface area contributed by atoms with Gasteiger partial charge in [-0.2, -0.15) is 4.98 Å². The fraction of sp³-hybridized carbons (Fsp3) is 0.517. The SMILES string of the molecule is CC(c1cccc(NC2CCN(C)C(C)(C)C2)c1F)C(Cl)[C@@](C)(OCC=O)C(C)C=O.CCc1ccc2oc(N3CCC(c4ccc(N(C=O)C(CCC=O)C(=O)NC)c5c(C)cccc45)CC3)nc2c1.CO.CO.OO. The number of anilines is 3. The molecule has 4 aromatic carbocycles. The zero-order chi connectivity index (χ0) is 57.6. The number of rotatable bonds is 20. The quantitative estimate of drug-likeness (QED) is 0.0185. The summed E-state index contributed by atoms with van der Waals surface area (Å²) in [5.41, 5.74) is 5.75. The van der Waals surface area contributed by atoms with Crippen LogP contribution in [-0.4, -0.2) is 145 Å². The third-order valence-electron chi connectivity index (χ3n) is 15.2. The molecule has 424 valence electrons. The van der Waals surface area contributed by atoms with E-state index < -0.39 is 28.9 Å². The van der Waals surface area contributed by atoms with Gasteiger partial charge >= 0.3 is 0 Å². The Balaban J connectivity index is 0.000000380. The Morgan fingerprint density at radius 1 is 0.987 bits per heavy atom. The highest BCUT2D eigenvalue weighted by Crippen LogP contribution is 2.42. The molecule has 0 radical (unpaired) electrons. The Bertz CT molecular complexity index is 2660. The first-order chi connectivity index (χ1) is 37.0. The van der Waals surface area contributed by atoms with Gasteiger partial charge in [0.1, 0.15) is 42.8 Å². The molecule has 2 saturated heterocycles. The van der Waals surface area contributed by atoms with Gasteiger partial charge in [-0.25, -0.2) is 4.39 Å². The number of carbonyl (C=O) groups excluding carboxylic acids is 5. The number of ether oxygens (including phenoxy) is 1. The van der Waals surface area contributed by atoms with Crippen LogP contribution in [0, 0.1) is 18.7 Å². The maximum atomic E-state index is 15.5. The van der Waals surface area contributed by atoms with Gasteiger partial charge in [-0.05, 0) is 131 Å². The van der Waals surface area contributed by atoms with Crippen molar-refractivity contribution in [2.75, 3.05) is 69.7 Å². The number of hydrogen-bond donors (Lipinski definition) is 6. The van der Waals surface area contributed by atoms with E-state index in [1.807, 2.05) is 44.2 Å². The van der Waals surface area contributed by atoms with Gasteiger partial charge in [0.25, 0.3) is 6.01 Å². The summed E-state index contributed by atoms with van der Waals surface area (Å²) in [6.45, 7) is 16.2. The first kappa shape index (κ1) is 65.4. The maximum absolute atomic E-state index is 15.5. The Hall–Kier alpha value is -5.86. The zero-order valence-corrected chi connectivity index (χ0v) is 47.3. The van der Waals surface area contributed by atoms with Gasteiger partial charge in [-0.15, -0.1) is 11.6 Å². The number of carbonyl (C=O) groups is 5. The van der Waals surface area contributed by atoms with Crippen LogP contribution < -0.4 is 20.4 Å². The van der Waals surface area contributed by atoms with Crippen molar-refractivity contribution < 1.29 is 58.2 Å². The van der Waals surface area contributed by atoms with Gasteiger partial charge in [0.05, 0.1) is 22.4 Å². The lowest BCUT2D eigenvalue weighted by atomic mass is 9.80. The molecule has 5 unspecified atom stereocenters. The number of benzene rings is 4. The molecule has 77 heavy (non-hydrogen) atoms. The summed E-state index contributed by atoms with van der Waals surface area (Å²) in [5.74, 6) is -1.31. The molecule has 2 aliphatic rings. The molecule has 6 atom stereocenters. The first-order valence-electron chi connectivity index (χ1n) is 26.0. The van der Waals surface area contributed by atoms with Gasteiger partial charge in [-0.3, -0.25) is 20.1 Å². The summed E-state index contributed by atoms with van der Waals surface area (Å²) in [6, 6.07) is 21.8. The second-order valence-electron chi connectivity index (χ2n) is 20.0. The number of aliphatic hydroxyl groups is 2. The van der Waals surface area contributed by atoms with Crippen LogP contribution in [-0.2, 0) is 35.1 Å². The minimum absolute atomic E-state index is 0.0429. The van der Waals surface area contributed by atoms with E-state index in [0.29, 0.717) is 41.6 Å². The van der Waals surface area contributed by atoms with E-state index in [0.717, 1.165) is 106 Å². The Kier molecular flexibility index (Phi) is 26.8. The Morgan fingerprint density at radius 3 is 2.26 bits per heavy atom. The highest BCUT2D eigenvalue weighted by atomic mass is 35.5. The number of aryl methyl sites for hydroxylation is 2. The van der Waals surface area contributed by atoms with Crippen LogP contribution in [0.2, 0.25) is 0 Å². The van der Waals surface area contributed by atoms with Crippen LogP contribution in [0.4, 0.5) is 21.8 Å². The topological polar surface area (TPSA) is 235 Å². The molecule has 0 aliphatic carbocycles. The van der Waals surface area contributed by atoms with Crippen LogP contribution in [0.1, 0.15) is 114 Å². The lowest BCUT2D eigenvalue weighted by Gasteiger charge is -2.44. The largest absolute Gasteiger partial charge is 0.423 e. The normalized spacial score (nSPS) is 17.6. The molecule has 3 heterocycles. The highest BCUT2D eigenvalue weighted by molar-refractivity contribution is 6.22. The van der Waals surface area contributed by atoms with E-state index in [9.17, 15) is 24.0 Å². The summed E-state index contributed by atoms with van der Waals surface area (Å²) in [4.78, 5) is 69.3. The van der Waals surface area contributed by atoms with E-state index in [4.69, 9.17) is 46.5 Å². The van der Waals surface area contributed by atoms with E-state index in [-0.39, 0.29) is 42.8 Å². The monoisotopic (exact) mass is 1090 g/mol. The number of nitrogens with zero attached hydrogens (tertiary/aromatic N) is 4. The molecule has 7 rings (SSSR count). The van der Waals surface area contributed by atoms with Crippen LogP contribution in [0.5, 0.6) is 0 Å². The van der Waals surface area contributed by atoms with Gasteiger partial charge in [0.2, 0.25) is 12.3 Å². The van der Waals surface area contributed by atoms with Crippen molar-refractivity contribution in [2.24, 2.45) is 5.92 Å². The number of likely N-dealkylation sites (tertiary alicyclic amines) is 1. The van der Waals surface area contributed by atoms with Crippen LogP contribution >= 0.6 is 11.6 Å². The summed E-state index contributed by atoms with van der Waals surface area (Å²) < 4.78 is 27.3. The summed E-state index contributed by atoms with van der Waals surface area (Å²) in [5, 5.41) is 33.4. The number of nitrogens with one attached hydrogen (secondary N) is 2. The number of alkyl halides is 1. The number of likely N-dealkylation sites (N-methyl/N-ethyl adjacent to an activating group) is 1. The van der Waals surface area contributed by atoms with E-state index in [1.165, 1.54) is 16.0 Å². The molecular weight excluding hydrogens is 1010 g/mol. The number of halogens is 2. The molecule has 2 amide bonds. The molecular formula is C58H82ClFN6O11. The predicted octanol–water partition coefficient (Wildman–Crippen LogP) is 9.16. The fourth-order valence-corrected chi connectivity index (χ4v) is 10.7. The molecule has 2 fully saturated rings. The molecule has 5 aromatic rings. The maximum Gasteiger partial charge on any atom is 0.298 e. The van der Waals surface area contributed by atoms with Crippen molar-refractivity contribution in [3.8, 4) is 0 Å². The van der Waals surface area contributed by atoms with Crippen molar-refractivity contribution in [3.63, 3.8) is 0 Å². The van der Waals surface area contributed by atoms with Crippen molar-refractivity contribution >= 4 is 82.0 Å². The van der Waals surface area contributed by atoms with Crippen molar-refractivity contribution in [1.82, 2.24) is 15.2 Å². The fourth-order valence-electron chi connectivity index (χ4n) is 10.3. The number of aldehydes is 3. The van der Waals surface area contributed by atoms with E-state index >= 15 is 4.39 Å². The van der Waals surface area contributed by atoms with Gasteiger partial charge in [-0.1, -0.05) is 63.2 Å². The molecule has 19 heteroatoms. The molecule has 2 aliphatic heterocycles. The molecule has 0 bridgehead atoms. The Labute approximate surface area is 458 Å². The number of piperidine rings is 2. The predicted molar refractivity (Wildman–Crippen MR) is 303 cm³/mol. The third-order valence-corrected chi connectivity index (χ3v) is 16.0. The van der Waals surface area contributed by atoms with E-state index in [1.54, 1.807) is 33.0 Å². The number of hydrogen-bond acceptors (Lipinski definition) is 15. The minimum atomic E-state index is -1.11. The Morgan fingerprint density at radius 2 is 1.66 bits per heavy atom. The molecule has 0 saturated carbocycles. The highest BCUT2D eigenvalue weighted by Gasteiger charge is 2.43. The summed E-state index contributed by atoms with van der Waals surface area (Å²) in [7, 11) is 5.66. The number of oxazole rings is 1. The second-order valence-corrected chi connectivity index (χ2v) is 20.5. The van der Waals surface area contributed by atoms with Gasteiger partial charge in [0.15, 0.2) is 5.58 Å². The lowest BCUT2D eigenvalue weighted by molar-refractivity contribution is -0.176. The lowest BCUT2D eigenvalue weighted by Crippen LogP contribution is -2.51. The van der Waals surface area contributed by atoms with Crippen LogP contribution in [0.15, 0.2) is 71.1 Å². The molecule has 17 nitrogen and oxygen atoms in total. The number of amides is 2. The smallest absolute Gasteiger partial charge is 0.298 e. The number of aliphatic hydroxyl groups excluding tert-OH is 2. The summed E-state index contributed by atoms with van der Waals surface area (Å²) in [6.07, 6.45) is 8.00. The molecule has 6 N–H and O–H groups in total. The van der Waals surface area contributed by atoms with Crippen molar-refractivity contribution in [2.45, 2.75) is 134 Å². The van der Waals surface area contributed by atoms with Gasteiger partial charge < -0.3 is 59.1 Å². The summed E-state index contributed by atoms with van der Waals surface area (Å²) >= 11 is 6.76. The van der Waals surface area contributed by atoms with Crippen LogP contribution in [0.25, 0.3) is 21.9 Å². The minimum Gasteiger partial charge on any atom is -0.423 e. The van der Waals surface area contributed by atoms with Gasteiger partial charge in [0, 0.05) is 76.1 Å². The number of fused-ring (bicyclic) bond motifs is 2. The van der Waals surface area contributed by atoms with Crippen molar-refractivity contribution in [3.05, 3.63) is 94.8 Å².